The number of aryl methyl sites for hydroxylation is 2. The normalized spacial score (nSPS) is 22.6. The summed E-state index contributed by atoms with van der Waals surface area (Å²) in [6, 6.07) is 1.11. The summed E-state index contributed by atoms with van der Waals surface area (Å²) in [5.41, 5.74) is 6.89. The lowest BCUT2D eigenvalue weighted by Crippen LogP contribution is -2.36. The molecule has 0 saturated carbocycles. The molecule has 48 heavy (non-hydrogen) atoms. The van der Waals surface area contributed by atoms with Crippen molar-refractivity contribution in [3.05, 3.63) is 69.7 Å². The maximum Gasteiger partial charge on any atom is 0.405 e. The molecule has 0 radical (unpaired) electrons. The Morgan fingerprint density at radius 2 is 1.81 bits per heavy atom. The summed E-state index contributed by atoms with van der Waals surface area (Å²) in [4.78, 5) is 38.2. The van der Waals surface area contributed by atoms with Crippen LogP contribution in [0, 0.1) is 19.8 Å². The van der Waals surface area contributed by atoms with Gasteiger partial charge in [0.2, 0.25) is 0 Å². The number of nitrogens with zero attached hydrogens (tertiary/aromatic N) is 1. The monoisotopic (exact) mass is 668 g/mol. The first-order valence-corrected chi connectivity index (χ1v) is 15.1. The number of phenolic OH excluding ortho intramolecular Hbond substituents is 2. The first-order valence-electron chi connectivity index (χ1n) is 15.1. The van der Waals surface area contributed by atoms with Gasteiger partial charge in [-0.25, -0.2) is 4.79 Å². The van der Waals surface area contributed by atoms with E-state index in [1.807, 2.05) is 0 Å². The molecule has 1 aliphatic rings. The van der Waals surface area contributed by atoms with Gasteiger partial charge in [0.1, 0.15) is 28.9 Å². The van der Waals surface area contributed by atoms with Gasteiger partial charge in [0.25, 0.3) is 11.8 Å². The van der Waals surface area contributed by atoms with E-state index in [0.717, 1.165) is 6.07 Å². The fraction of sp³-hybridized carbons (Fsp3) is 0.412. The zero-order valence-electron chi connectivity index (χ0n) is 28.3. The van der Waals surface area contributed by atoms with Crippen LogP contribution in [-0.4, -0.2) is 77.0 Å². The van der Waals surface area contributed by atoms with Crippen molar-refractivity contribution in [3.63, 3.8) is 0 Å². The summed E-state index contributed by atoms with van der Waals surface area (Å²) in [5.74, 6) is -2.40. The average Bonchev–Trinajstić information content (AvgIpc) is 3.37. The SMILES string of the molecule is CO[C@H]1C=CC=C(C)C(=O)Nc2cc(O)c(NC(=O)c3c(C)noc3C)c(c2O)C=C(C)C[C@H](OC)[C@H](O)[C@@H](C)C=C(C)[C@@H]1OC(N)=O. The number of aliphatic hydroxyl groups excluding tert-OH is 1. The molecule has 2 heterocycles. The number of aliphatic hydroxyl groups is 1. The number of nitrogens with two attached hydrogens (primary N) is 1. The molecule has 0 aliphatic carbocycles. The smallest absolute Gasteiger partial charge is 0.405 e. The Labute approximate surface area is 278 Å². The van der Waals surface area contributed by atoms with E-state index in [2.05, 4.69) is 15.8 Å². The van der Waals surface area contributed by atoms with Crippen LogP contribution in [0.4, 0.5) is 16.2 Å². The first kappa shape index (κ1) is 37.5. The highest BCUT2D eigenvalue weighted by atomic mass is 16.6. The van der Waals surface area contributed by atoms with Gasteiger partial charge in [0, 0.05) is 37.3 Å². The number of hydrogen-bond donors (Lipinski definition) is 6. The molecule has 0 saturated heterocycles. The maximum absolute atomic E-state index is 13.3. The Bertz CT molecular complexity index is 1640. The van der Waals surface area contributed by atoms with E-state index in [9.17, 15) is 29.7 Å². The van der Waals surface area contributed by atoms with Crippen LogP contribution in [0.1, 0.15) is 61.5 Å². The molecule has 0 unspecified atom stereocenters. The zero-order chi connectivity index (χ0) is 35.9. The van der Waals surface area contributed by atoms with Gasteiger partial charge >= 0.3 is 6.09 Å². The summed E-state index contributed by atoms with van der Waals surface area (Å²) < 4.78 is 21.7. The average molecular weight is 669 g/mol. The first-order chi connectivity index (χ1) is 22.6. The molecule has 1 aliphatic heterocycles. The minimum atomic E-state index is -1.06. The van der Waals surface area contributed by atoms with Crippen LogP contribution < -0.4 is 16.4 Å². The fourth-order valence-corrected chi connectivity index (χ4v) is 5.40. The Hall–Kier alpha value is -4.92. The van der Waals surface area contributed by atoms with E-state index in [-0.39, 0.29) is 40.3 Å². The minimum Gasteiger partial charge on any atom is -0.506 e. The number of aromatic nitrogens is 1. The van der Waals surface area contributed by atoms with E-state index >= 15 is 0 Å². The van der Waals surface area contributed by atoms with Crippen LogP contribution in [0.25, 0.3) is 6.08 Å². The van der Waals surface area contributed by atoms with Crippen molar-refractivity contribution < 1.29 is 48.4 Å². The van der Waals surface area contributed by atoms with E-state index in [1.54, 1.807) is 46.8 Å². The second-order valence-corrected chi connectivity index (χ2v) is 11.7. The van der Waals surface area contributed by atoms with Crippen molar-refractivity contribution in [3.8, 4) is 11.5 Å². The van der Waals surface area contributed by atoms with Gasteiger partial charge in [-0.1, -0.05) is 42.0 Å². The molecule has 0 fully saturated rings. The molecule has 1 aromatic heterocycles. The number of fused-ring (bicyclic) bond motifs is 2. The molecule has 0 spiro atoms. The highest BCUT2D eigenvalue weighted by Gasteiger charge is 2.29. The van der Waals surface area contributed by atoms with E-state index in [0.29, 0.717) is 16.8 Å². The van der Waals surface area contributed by atoms with Crippen molar-refractivity contribution in [2.45, 2.75) is 72.4 Å². The summed E-state index contributed by atoms with van der Waals surface area (Å²) in [6.45, 7) is 9.87. The van der Waals surface area contributed by atoms with E-state index < -0.39 is 59.7 Å². The third kappa shape index (κ3) is 8.91. The standard InChI is InChI=1S/C34H44N4O10/c1-16-12-22-28(37-33(43)27-20(5)38-48-21(27)6)24(39)15-23(30(22)41)36-32(42)17(2)10-9-11-25(45-7)31(47-34(35)44)19(4)14-18(3)29(40)26(13-16)46-8/h9-12,14-15,18,25-26,29,31,39-41H,13H2,1-8H3,(H2,35,44)(H,36,42)(H,37,43)/t18-,25-,26-,29+,31-/m0/s1. The van der Waals surface area contributed by atoms with Gasteiger partial charge in [-0.3, -0.25) is 9.59 Å². The number of ether oxygens (including phenoxy) is 3. The number of benzene rings is 1. The number of hydrogen-bond acceptors (Lipinski definition) is 11. The van der Waals surface area contributed by atoms with Crippen molar-refractivity contribution in [2.75, 3.05) is 24.9 Å². The molecule has 3 rings (SSSR count). The van der Waals surface area contributed by atoms with Crippen molar-refractivity contribution in [2.24, 2.45) is 11.7 Å². The molecule has 14 nitrogen and oxygen atoms in total. The number of anilines is 2. The molecular formula is C34H44N4O10. The number of aromatic hydroxyl groups is 2. The van der Waals surface area contributed by atoms with Crippen LogP contribution in [-0.2, 0) is 19.0 Å². The van der Waals surface area contributed by atoms with Crippen LogP contribution in [0.2, 0.25) is 0 Å². The van der Waals surface area contributed by atoms with E-state index in [4.69, 9.17) is 24.5 Å². The molecule has 260 valence electrons. The van der Waals surface area contributed by atoms with Gasteiger partial charge < -0.3 is 50.4 Å². The number of amides is 3. The van der Waals surface area contributed by atoms with Gasteiger partial charge in [-0.05, 0) is 52.7 Å². The maximum atomic E-state index is 13.3. The lowest BCUT2D eigenvalue weighted by molar-refractivity contribution is -0.112. The molecule has 1 aromatic carbocycles. The Morgan fingerprint density at radius 3 is 2.40 bits per heavy atom. The van der Waals surface area contributed by atoms with Crippen LogP contribution in [0.15, 0.2) is 51.6 Å². The number of rotatable bonds is 5. The fourth-order valence-electron chi connectivity index (χ4n) is 5.40. The molecule has 2 bridgehead atoms. The second-order valence-electron chi connectivity index (χ2n) is 11.7. The summed E-state index contributed by atoms with van der Waals surface area (Å²) in [7, 11) is 2.86. The lowest BCUT2D eigenvalue weighted by atomic mass is 9.91. The highest BCUT2D eigenvalue weighted by Crippen LogP contribution is 2.43. The molecular weight excluding hydrogens is 624 g/mol. The predicted octanol–water partition coefficient (Wildman–Crippen LogP) is 4.64. The summed E-state index contributed by atoms with van der Waals surface area (Å²) in [6.07, 6.45) is 3.35. The Balaban J connectivity index is 2.20. The minimum absolute atomic E-state index is 0.00938. The third-order valence-corrected chi connectivity index (χ3v) is 7.99. The predicted molar refractivity (Wildman–Crippen MR) is 178 cm³/mol. The second kappa shape index (κ2) is 16.3. The van der Waals surface area contributed by atoms with Crippen LogP contribution in [0.5, 0.6) is 11.5 Å². The molecule has 14 heteroatoms. The Kier molecular flexibility index (Phi) is 12.7. The molecule has 7 N–H and O–H groups in total. The van der Waals surface area contributed by atoms with Crippen molar-refractivity contribution >= 4 is 35.4 Å². The number of allylic oxidation sites excluding steroid dienone is 2. The number of nitrogens with one attached hydrogen (secondary N) is 2. The zero-order valence-corrected chi connectivity index (χ0v) is 28.3. The third-order valence-electron chi connectivity index (χ3n) is 7.99. The van der Waals surface area contributed by atoms with Crippen LogP contribution >= 0.6 is 0 Å². The lowest BCUT2D eigenvalue weighted by Gasteiger charge is -2.28. The molecule has 3 amide bonds. The van der Waals surface area contributed by atoms with Gasteiger partial charge in [-0.15, -0.1) is 0 Å². The largest absolute Gasteiger partial charge is 0.506 e. The van der Waals surface area contributed by atoms with E-state index in [1.165, 1.54) is 39.4 Å². The quantitative estimate of drug-likeness (QED) is 0.147. The summed E-state index contributed by atoms with van der Waals surface area (Å²) >= 11 is 0. The van der Waals surface area contributed by atoms with Crippen LogP contribution in [0.3, 0.4) is 0 Å². The highest BCUT2D eigenvalue weighted by molar-refractivity contribution is 6.09. The van der Waals surface area contributed by atoms with Gasteiger partial charge in [0.15, 0.2) is 6.10 Å². The number of carbonyl (C=O) groups excluding carboxylic acids is 3. The Morgan fingerprint density at radius 1 is 1.12 bits per heavy atom. The number of carbonyl (C=O) groups is 3. The van der Waals surface area contributed by atoms with Gasteiger partial charge in [0.05, 0.1) is 29.3 Å². The molecule has 5 atom stereocenters. The number of phenols is 2. The summed E-state index contributed by atoms with van der Waals surface area (Å²) in [5, 5.41) is 42.9. The number of methoxy groups -OCH3 is 2. The van der Waals surface area contributed by atoms with Crippen molar-refractivity contribution in [1.82, 2.24) is 5.16 Å². The number of primary amides is 1. The van der Waals surface area contributed by atoms with Crippen molar-refractivity contribution in [1.29, 1.82) is 0 Å². The molecule has 2 aromatic rings. The van der Waals surface area contributed by atoms with Gasteiger partial charge in [-0.2, -0.15) is 0 Å². The topological polar surface area (TPSA) is 216 Å².